The summed E-state index contributed by atoms with van der Waals surface area (Å²) < 4.78 is 4.41. The van der Waals surface area contributed by atoms with E-state index in [1.165, 1.54) is 14.0 Å². The van der Waals surface area contributed by atoms with E-state index in [9.17, 15) is 14.4 Å². The number of methoxy groups -OCH3 is 1. The largest absolute Gasteiger partial charge is 0.468 e. The van der Waals surface area contributed by atoms with Gasteiger partial charge in [-0.05, 0) is 19.4 Å². The minimum atomic E-state index is -0.771. The zero-order valence-corrected chi connectivity index (χ0v) is 12.9. The number of carbonyl (C=O) groups is 3. The van der Waals surface area contributed by atoms with E-state index in [0.717, 1.165) is 5.56 Å². The normalized spacial score (nSPS) is 12.7. The van der Waals surface area contributed by atoms with Gasteiger partial charge in [0.2, 0.25) is 5.91 Å². The molecule has 0 aliphatic heterocycles. The van der Waals surface area contributed by atoms with Crippen LogP contribution in [-0.2, 0) is 14.3 Å². The summed E-state index contributed by atoms with van der Waals surface area (Å²) in [6.45, 7) is 3.14. The predicted molar refractivity (Wildman–Crippen MR) is 81.0 cm³/mol. The Kier molecular flexibility index (Phi) is 6.88. The van der Waals surface area contributed by atoms with Gasteiger partial charge in [-0.25, -0.2) is 4.79 Å². The second kappa shape index (κ2) is 8.66. The number of nitrogens with one attached hydrogen (secondary N) is 3. The lowest BCUT2D eigenvalue weighted by Crippen LogP contribution is -2.49. The van der Waals surface area contributed by atoms with Gasteiger partial charge >= 0.3 is 12.0 Å². The number of rotatable bonds is 6. The lowest BCUT2D eigenvalue weighted by Gasteiger charge is -2.18. The smallest absolute Gasteiger partial charge is 0.325 e. The first kappa shape index (κ1) is 17.5. The first-order valence-electron chi connectivity index (χ1n) is 6.90. The van der Waals surface area contributed by atoms with Crippen LogP contribution >= 0.6 is 0 Å². The molecular formula is C15H21N3O4. The lowest BCUT2D eigenvalue weighted by molar-refractivity contribution is -0.141. The number of carbonyl (C=O) groups excluding carboxylic acids is 3. The van der Waals surface area contributed by atoms with Crippen LogP contribution < -0.4 is 16.0 Å². The molecule has 0 aliphatic carbocycles. The SMILES string of the molecule is COC(=O)CNC(=O)[C@@H](C)NC(=O)N[C@H](C)c1ccccc1. The van der Waals surface area contributed by atoms with Crippen molar-refractivity contribution in [2.75, 3.05) is 13.7 Å². The quantitative estimate of drug-likeness (QED) is 0.675. The Bertz CT molecular complexity index is 519. The summed E-state index contributed by atoms with van der Waals surface area (Å²) in [5, 5.41) is 7.61. The molecule has 1 aromatic carbocycles. The highest BCUT2D eigenvalue weighted by Crippen LogP contribution is 2.10. The molecule has 0 aliphatic rings. The van der Waals surface area contributed by atoms with E-state index in [4.69, 9.17) is 0 Å². The molecule has 120 valence electrons. The highest BCUT2D eigenvalue weighted by Gasteiger charge is 2.17. The topological polar surface area (TPSA) is 96.5 Å². The summed E-state index contributed by atoms with van der Waals surface area (Å²) in [4.78, 5) is 34.5. The van der Waals surface area contributed by atoms with Crippen molar-refractivity contribution in [2.45, 2.75) is 25.9 Å². The zero-order chi connectivity index (χ0) is 16.5. The second-order valence-corrected chi connectivity index (χ2v) is 4.77. The maximum absolute atomic E-state index is 11.8. The van der Waals surface area contributed by atoms with Crippen LogP contribution in [0.2, 0.25) is 0 Å². The fourth-order valence-electron chi connectivity index (χ4n) is 1.71. The van der Waals surface area contributed by atoms with E-state index in [1.807, 2.05) is 37.3 Å². The van der Waals surface area contributed by atoms with Crippen molar-refractivity contribution < 1.29 is 19.1 Å². The summed E-state index contributed by atoms with van der Waals surface area (Å²) in [6, 6.07) is 8.04. The molecule has 0 heterocycles. The van der Waals surface area contributed by atoms with Crippen LogP contribution in [0.25, 0.3) is 0 Å². The molecule has 7 heteroatoms. The molecular weight excluding hydrogens is 286 g/mol. The van der Waals surface area contributed by atoms with Crippen molar-refractivity contribution in [3.05, 3.63) is 35.9 Å². The maximum atomic E-state index is 11.8. The van der Waals surface area contributed by atoms with Gasteiger partial charge in [-0.15, -0.1) is 0 Å². The second-order valence-electron chi connectivity index (χ2n) is 4.77. The highest BCUT2D eigenvalue weighted by molar-refractivity contribution is 5.88. The molecule has 1 aromatic rings. The van der Waals surface area contributed by atoms with Gasteiger partial charge in [-0.1, -0.05) is 30.3 Å². The Balaban J connectivity index is 2.40. The van der Waals surface area contributed by atoms with Gasteiger partial charge < -0.3 is 20.7 Å². The Morgan fingerprint density at radius 2 is 1.73 bits per heavy atom. The Morgan fingerprint density at radius 1 is 1.09 bits per heavy atom. The molecule has 3 N–H and O–H groups in total. The van der Waals surface area contributed by atoms with Crippen molar-refractivity contribution in [1.82, 2.24) is 16.0 Å². The maximum Gasteiger partial charge on any atom is 0.325 e. The summed E-state index contributed by atoms with van der Waals surface area (Å²) >= 11 is 0. The first-order valence-corrected chi connectivity index (χ1v) is 6.90. The summed E-state index contributed by atoms with van der Waals surface area (Å²) in [7, 11) is 1.23. The number of benzene rings is 1. The van der Waals surface area contributed by atoms with Crippen LogP contribution in [-0.4, -0.2) is 37.6 Å². The Labute approximate surface area is 129 Å². The molecule has 22 heavy (non-hydrogen) atoms. The molecule has 0 aromatic heterocycles. The van der Waals surface area contributed by atoms with Crippen LogP contribution in [0.4, 0.5) is 4.79 Å². The molecule has 0 spiro atoms. The number of hydrogen-bond acceptors (Lipinski definition) is 4. The molecule has 0 saturated heterocycles. The third-order valence-corrected chi connectivity index (χ3v) is 3.02. The van der Waals surface area contributed by atoms with Crippen LogP contribution in [0.5, 0.6) is 0 Å². The number of amides is 3. The van der Waals surface area contributed by atoms with Crippen molar-refractivity contribution in [2.24, 2.45) is 0 Å². The molecule has 7 nitrogen and oxygen atoms in total. The third kappa shape index (κ3) is 5.82. The molecule has 0 fully saturated rings. The third-order valence-electron chi connectivity index (χ3n) is 3.02. The van der Waals surface area contributed by atoms with Gasteiger partial charge in [0.25, 0.3) is 0 Å². The zero-order valence-electron chi connectivity index (χ0n) is 12.9. The predicted octanol–water partition coefficient (Wildman–Crippen LogP) is 0.725. The first-order chi connectivity index (χ1) is 10.4. The Hall–Kier alpha value is -2.57. The van der Waals surface area contributed by atoms with Crippen LogP contribution in [0.1, 0.15) is 25.5 Å². The molecule has 0 bridgehead atoms. The fourth-order valence-corrected chi connectivity index (χ4v) is 1.71. The summed E-state index contributed by atoms with van der Waals surface area (Å²) in [6.07, 6.45) is 0. The van der Waals surface area contributed by atoms with E-state index < -0.39 is 23.9 Å². The number of urea groups is 1. The average Bonchev–Trinajstić information content (AvgIpc) is 2.52. The minimum Gasteiger partial charge on any atom is -0.468 e. The van der Waals surface area contributed by atoms with Crippen LogP contribution in [0, 0.1) is 0 Å². The van der Waals surface area contributed by atoms with Crippen LogP contribution in [0.3, 0.4) is 0 Å². The molecule has 2 atom stereocenters. The van der Waals surface area contributed by atoms with Crippen molar-refractivity contribution in [3.63, 3.8) is 0 Å². The van der Waals surface area contributed by atoms with Gasteiger partial charge in [0, 0.05) is 0 Å². The van der Waals surface area contributed by atoms with Crippen molar-refractivity contribution >= 4 is 17.9 Å². The number of esters is 1. The van der Waals surface area contributed by atoms with Gasteiger partial charge in [0.05, 0.1) is 13.2 Å². The average molecular weight is 307 g/mol. The molecule has 0 radical (unpaired) electrons. The van der Waals surface area contributed by atoms with E-state index >= 15 is 0 Å². The number of ether oxygens (including phenoxy) is 1. The monoisotopic (exact) mass is 307 g/mol. The van der Waals surface area contributed by atoms with E-state index in [2.05, 4.69) is 20.7 Å². The Morgan fingerprint density at radius 3 is 2.32 bits per heavy atom. The van der Waals surface area contributed by atoms with Gasteiger partial charge in [-0.3, -0.25) is 9.59 Å². The molecule has 3 amide bonds. The van der Waals surface area contributed by atoms with Crippen molar-refractivity contribution in [3.8, 4) is 0 Å². The summed E-state index contributed by atoms with van der Waals surface area (Å²) in [5.74, 6) is -1.02. The van der Waals surface area contributed by atoms with Crippen LogP contribution in [0.15, 0.2) is 30.3 Å². The minimum absolute atomic E-state index is 0.188. The molecule has 1 rings (SSSR count). The van der Waals surface area contributed by atoms with E-state index in [0.29, 0.717) is 0 Å². The van der Waals surface area contributed by atoms with Gasteiger partial charge in [0.1, 0.15) is 12.6 Å². The van der Waals surface area contributed by atoms with E-state index in [1.54, 1.807) is 0 Å². The molecule has 0 saturated carbocycles. The summed E-state index contributed by atoms with van der Waals surface area (Å²) in [5.41, 5.74) is 0.959. The standard InChI is InChI=1S/C15H21N3O4/c1-10(12-7-5-4-6-8-12)17-15(21)18-11(2)14(20)16-9-13(19)22-3/h4-8,10-11H,9H2,1-3H3,(H,16,20)(H2,17,18,21)/t10-,11-/m1/s1. The van der Waals surface area contributed by atoms with Gasteiger partial charge in [-0.2, -0.15) is 0 Å². The van der Waals surface area contributed by atoms with Crippen molar-refractivity contribution in [1.29, 1.82) is 0 Å². The van der Waals surface area contributed by atoms with Gasteiger partial charge in [0.15, 0.2) is 0 Å². The highest BCUT2D eigenvalue weighted by atomic mass is 16.5. The lowest BCUT2D eigenvalue weighted by atomic mass is 10.1. The number of hydrogen-bond donors (Lipinski definition) is 3. The molecule has 0 unspecified atom stereocenters. The van der Waals surface area contributed by atoms with E-state index in [-0.39, 0.29) is 12.6 Å². The fraction of sp³-hybridized carbons (Fsp3) is 0.400.